The van der Waals surface area contributed by atoms with Gasteiger partial charge >= 0.3 is 11.9 Å². The van der Waals surface area contributed by atoms with E-state index in [4.69, 9.17) is 10.2 Å². The normalized spacial score (nSPS) is 16.5. The van der Waals surface area contributed by atoms with Gasteiger partial charge < -0.3 is 20.1 Å². The van der Waals surface area contributed by atoms with Gasteiger partial charge in [0.05, 0.1) is 12.5 Å². The molecule has 0 saturated heterocycles. The lowest BCUT2D eigenvalue weighted by Gasteiger charge is -2.18. The van der Waals surface area contributed by atoms with Gasteiger partial charge in [-0.2, -0.15) is 0 Å². The summed E-state index contributed by atoms with van der Waals surface area (Å²) in [6, 6.07) is 0. The Bertz CT molecular complexity index is 225. The first-order valence-corrected chi connectivity index (χ1v) is 4.66. The Hall–Kier alpha value is -1.14. The summed E-state index contributed by atoms with van der Waals surface area (Å²) in [4.78, 5) is 21.7. The Labute approximate surface area is 87.5 Å². The maximum Gasteiger partial charge on any atom is 0.347 e. The first-order valence-electron chi connectivity index (χ1n) is 4.66. The van der Waals surface area contributed by atoms with Crippen molar-refractivity contribution < 1.29 is 29.6 Å². The first kappa shape index (κ1) is 13.9. The minimum absolute atomic E-state index is 0.166. The Balaban J connectivity index is 4.29. The van der Waals surface area contributed by atoms with Crippen molar-refractivity contribution in [2.75, 3.05) is 0 Å². The summed E-state index contributed by atoms with van der Waals surface area (Å²) in [7, 11) is 0. The Morgan fingerprint density at radius 3 is 2.20 bits per heavy atom. The molecule has 3 atom stereocenters. The van der Waals surface area contributed by atoms with Gasteiger partial charge in [-0.1, -0.05) is 6.92 Å². The van der Waals surface area contributed by atoms with E-state index in [0.717, 1.165) is 0 Å². The fourth-order valence-electron chi connectivity index (χ4n) is 0.939. The maximum absolute atomic E-state index is 11.0. The van der Waals surface area contributed by atoms with Gasteiger partial charge in [0, 0.05) is 0 Å². The molecule has 0 fully saturated rings. The van der Waals surface area contributed by atoms with Crippen LogP contribution in [0.25, 0.3) is 0 Å². The van der Waals surface area contributed by atoms with Crippen molar-refractivity contribution in [1.82, 2.24) is 0 Å². The average Bonchev–Trinajstić information content (AvgIpc) is 2.11. The molecule has 6 nitrogen and oxygen atoms in total. The van der Waals surface area contributed by atoms with Gasteiger partial charge in [0.25, 0.3) is 0 Å². The number of carboxylic acid groups (broad SMARTS) is 1. The second kappa shape index (κ2) is 6.36. The van der Waals surface area contributed by atoms with E-state index in [-0.39, 0.29) is 12.8 Å². The first-order chi connectivity index (χ1) is 6.88. The SMILES string of the molecule is CCC(O)C(OC(=O)CC(C)O)C(=O)O. The van der Waals surface area contributed by atoms with E-state index in [2.05, 4.69) is 4.74 Å². The highest BCUT2D eigenvalue weighted by molar-refractivity contribution is 5.78. The molecule has 0 amide bonds. The summed E-state index contributed by atoms with van der Waals surface area (Å²) in [5.74, 6) is -2.24. The van der Waals surface area contributed by atoms with Crippen LogP contribution in [0.4, 0.5) is 0 Å². The lowest BCUT2D eigenvalue weighted by atomic mass is 10.1. The molecule has 0 heterocycles. The monoisotopic (exact) mass is 220 g/mol. The standard InChI is InChI=1S/C9H16O6/c1-3-6(11)8(9(13)14)15-7(12)4-5(2)10/h5-6,8,10-11H,3-4H2,1-2H3,(H,13,14). The van der Waals surface area contributed by atoms with Crippen LogP contribution in [0.15, 0.2) is 0 Å². The number of hydrogen-bond acceptors (Lipinski definition) is 5. The molecule has 3 unspecified atom stereocenters. The molecule has 0 aromatic carbocycles. The Morgan fingerprint density at radius 1 is 1.33 bits per heavy atom. The minimum atomic E-state index is -1.57. The van der Waals surface area contributed by atoms with Crippen LogP contribution in [0.1, 0.15) is 26.7 Å². The molecule has 0 saturated carbocycles. The zero-order valence-corrected chi connectivity index (χ0v) is 8.71. The highest BCUT2D eigenvalue weighted by Gasteiger charge is 2.29. The van der Waals surface area contributed by atoms with Crippen molar-refractivity contribution in [2.24, 2.45) is 0 Å². The highest BCUT2D eigenvalue weighted by Crippen LogP contribution is 2.06. The van der Waals surface area contributed by atoms with E-state index in [0.29, 0.717) is 0 Å². The molecule has 0 aromatic rings. The predicted octanol–water partition coefficient (Wildman–Crippen LogP) is -0.475. The summed E-state index contributed by atoms with van der Waals surface area (Å²) in [6.07, 6.45) is -3.83. The summed E-state index contributed by atoms with van der Waals surface area (Å²) >= 11 is 0. The predicted molar refractivity (Wildman–Crippen MR) is 50.1 cm³/mol. The second-order valence-electron chi connectivity index (χ2n) is 3.28. The molecule has 3 N–H and O–H groups in total. The molecule has 0 radical (unpaired) electrons. The van der Waals surface area contributed by atoms with Crippen molar-refractivity contribution in [3.8, 4) is 0 Å². The molecule has 0 aliphatic heterocycles. The lowest BCUT2D eigenvalue weighted by Crippen LogP contribution is -2.38. The third-order valence-corrected chi connectivity index (χ3v) is 1.73. The summed E-state index contributed by atoms with van der Waals surface area (Å²) in [5.41, 5.74) is 0. The van der Waals surface area contributed by atoms with E-state index in [9.17, 15) is 14.7 Å². The zero-order valence-electron chi connectivity index (χ0n) is 8.71. The van der Waals surface area contributed by atoms with Gasteiger partial charge in [0.2, 0.25) is 6.10 Å². The van der Waals surface area contributed by atoms with Crippen molar-refractivity contribution in [1.29, 1.82) is 0 Å². The van der Waals surface area contributed by atoms with Crippen molar-refractivity contribution in [2.45, 2.75) is 45.0 Å². The van der Waals surface area contributed by atoms with Crippen LogP contribution in [-0.4, -0.2) is 45.6 Å². The summed E-state index contributed by atoms with van der Waals surface area (Å²) in [5, 5.41) is 26.8. The van der Waals surface area contributed by atoms with Crippen LogP contribution in [0.2, 0.25) is 0 Å². The van der Waals surface area contributed by atoms with Crippen LogP contribution < -0.4 is 0 Å². The minimum Gasteiger partial charge on any atom is -0.478 e. The molecule has 0 bridgehead atoms. The topological polar surface area (TPSA) is 104 Å². The Kier molecular flexibility index (Phi) is 5.88. The molecule has 6 heteroatoms. The van der Waals surface area contributed by atoms with Crippen LogP contribution >= 0.6 is 0 Å². The van der Waals surface area contributed by atoms with Crippen LogP contribution in [0.5, 0.6) is 0 Å². The van der Waals surface area contributed by atoms with Gasteiger partial charge in [-0.25, -0.2) is 4.79 Å². The van der Waals surface area contributed by atoms with Crippen molar-refractivity contribution in [3.05, 3.63) is 0 Å². The number of hydrogen-bond donors (Lipinski definition) is 3. The quantitative estimate of drug-likeness (QED) is 0.522. The van der Waals surface area contributed by atoms with E-state index in [1.807, 2.05) is 0 Å². The Morgan fingerprint density at radius 2 is 1.87 bits per heavy atom. The number of rotatable bonds is 6. The third-order valence-electron chi connectivity index (χ3n) is 1.73. The summed E-state index contributed by atoms with van der Waals surface area (Å²) < 4.78 is 4.53. The highest BCUT2D eigenvalue weighted by atomic mass is 16.6. The number of carbonyl (C=O) groups excluding carboxylic acids is 1. The van der Waals surface area contributed by atoms with Gasteiger partial charge in [-0.15, -0.1) is 0 Å². The van der Waals surface area contributed by atoms with Gasteiger partial charge in [0.1, 0.15) is 6.10 Å². The number of aliphatic hydroxyl groups is 2. The molecule has 0 rings (SSSR count). The van der Waals surface area contributed by atoms with E-state index in [1.54, 1.807) is 6.92 Å². The smallest absolute Gasteiger partial charge is 0.347 e. The molecule has 0 aliphatic carbocycles. The van der Waals surface area contributed by atoms with Crippen LogP contribution in [0.3, 0.4) is 0 Å². The number of aliphatic carboxylic acids is 1. The van der Waals surface area contributed by atoms with Crippen molar-refractivity contribution >= 4 is 11.9 Å². The van der Waals surface area contributed by atoms with Gasteiger partial charge in [-0.05, 0) is 13.3 Å². The average molecular weight is 220 g/mol. The molecular weight excluding hydrogens is 204 g/mol. The van der Waals surface area contributed by atoms with Crippen LogP contribution in [0, 0.1) is 0 Å². The van der Waals surface area contributed by atoms with Crippen molar-refractivity contribution in [3.63, 3.8) is 0 Å². The largest absolute Gasteiger partial charge is 0.478 e. The van der Waals surface area contributed by atoms with E-state index < -0.39 is 30.3 Å². The lowest BCUT2D eigenvalue weighted by molar-refractivity contribution is -0.173. The second-order valence-corrected chi connectivity index (χ2v) is 3.28. The zero-order chi connectivity index (χ0) is 12.0. The van der Waals surface area contributed by atoms with E-state index >= 15 is 0 Å². The third kappa shape index (κ3) is 5.34. The van der Waals surface area contributed by atoms with Gasteiger partial charge in [-0.3, -0.25) is 4.79 Å². The van der Waals surface area contributed by atoms with Gasteiger partial charge in [0.15, 0.2) is 0 Å². The number of ether oxygens (including phenoxy) is 1. The number of carboxylic acids is 1. The molecule has 0 spiro atoms. The molecule has 88 valence electrons. The fourth-order valence-corrected chi connectivity index (χ4v) is 0.939. The maximum atomic E-state index is 11.0. The molecule has 0 aromatic heterocycles. The molecular formula is C9H16O6. The number of carbonyl (C=O) groups is 2. The fraction of sp³-hybridized carbons (Fsp3) is 0.778. The van der Waals surface area contributed by atoms with E-state index in [1.165, 1.54) is 6.92 Å². The number of aliphatic hydroxyl groups excluding tert-OH is 2. The summed E-state index contributed by atoms with van der Waals surface area (Å²) in [6.45, 7) is 2.95. The molecule has 0 aliphatic rings. The number of esters is 1. The van der Waals surface area contributed by atoms with Crippen LogP contribution in [-0.2, 0) is 14.3 Å². The molecule has 15 heavy (non-hydrogen) atoms.